The molecule has 3 aromatic rings. The van der Waals surface area contributed by atoms with Crippen LogP contribution >= 0.6 is 0 Å². The number of carbonyl (C=O) groups excluding carboxylic acids is 1. The van der Waals surface area contributed by atoms with Crippen LogP contribution in [0.1, 0.15) is 35.0 Å². The number of likely N-dealkylation sites (tertiary alicyclic amines) is 1. The second kappa shape index (κ2) is 8.34. The number of rotatable bonds is 5. The van der Waals surface area contributed by atoms with Crippen molar-refractivity contribution in [2.45, 2.75) is 18.8 Å². The molecular formula is C22H23N3O4. The Morgan fingerprint density at radius 2 is 1.90 bits per heavy atom. The molecule has 0 radical (unpaired) electrons. The first-order valence-electron chi connectivity index (χ1n) is 9.60. The van der Waals surface area contributed by atoms with Crippen LogP contribution in [0.15, 0.2) is 53.1 Å². The molecule has 0 N–H and O–H groups in total. The Bertz CT molecular complexity index is 984. The summed E-state index contributed by atoms with van der Waals surface area (Å²) in [6.07, 6.45) is 1.78. The molecule has 1 aliphatic rings. The normalized spacial score (nSPS) is 16.5. The molecule has 2 heterocycles. The van der Waals surface area contributed by atoms with Gasteiger partial charge in [0.05, 0.1) is 25.7 Å². The molecule has 1 aliphatic heterocycles. The number of ether oxygens (including phenoxy) is 2. The fourth-order valence-electron chi connectivity index (χ4n) is 3.61. The fourth-order valence-corrected chi connectivity index (χ4v) is 3.61. The van der Waals surface area contributed by atoms with Gasteiger partial charge in [-0.05, 0) is 49.2 Å². The summed E-state index contributed by atoms with van der Waals surface area (Å²) in [5, 5.41) is 4.12. The number of aromatic nitrogens is 2. The number of benzene rings is 2. The molecule has 29 heavy (non-hydrogen) atoms. The van der Waals surface area contributed by atoms with Crippen LogP contribution < -0.4 is 9.47 Å². The molecule has 0 spiro atoms. The van der Waals surface area contributed by atoms with Crippen molar-refractivity contribution < 1.29 is 18.8 Å². The number of hydrogen-bond acceptors (Lipinski definition) is 6. The maximum Gasteiger partial charge on any atom is 0.257 e. The van der Waals surface area contributed by atoms with Gasteiger partial charge in [-0.25, -0.2) is 0 Å². The Hall–Kier alpha value is -3.35. The molecule has 1 fully saturated rings. The summed E-state index contributed by atoms with van der Waals surface area (Å²) in [4.78, 5) is 19.4. The van der Waals surface area contributed by atoms with Gasteiger partial charge in [-0.1, -0.05) is 17.3 Å². The molecule has 0 bridgehead atoms. The molecule has 150 valence electrons. The SMILES string of the molecule is COc1ccc(-c2noc([C@H]3CCCN(C(=O)c4ccccc4OC)C3)n2)cc1. The predicted molar refractivity (Wildman–Crippen MR) is 107 cm³/mol. The van der Waals surface area contributed by atoms with E-state index in [-0.39, 0.29) is 11.8 Å². The molecule has 0 aliphatic carbocycles. The van der Waals surface area contributed by atoms with E-state index in [0.29, 0.717) is 36.1 Å². The lowest BCUT2D eigenvalue weighted by Crippen LogP contribution is -2.39. The van der Waals surface area contributed by atoms with Gasteiger partial charge in [-0.15, -0.1) is 0 Å². The third-order valence-corrected chi connectivity index (χ3v) is 5.19. The second-order valence-electron chi connectivity index (χ2n) is 6.98. The Labute approximate surface area is 169 Å². The minimum absolute atomic E-state index is 0.0157. The number of nitrogens with zero attached hydrogens (tertiary/aromatic N) is 3. The van der Waals surface area contributed by atoms with Crippen LogP contribution in [0.4, 0.5) is 0 Å². The lowest BCUT2D eigenvalue weighted by molar-refractivity contribution is 0.0692. The molecule has 1 atom stereocenters. The van der Waals surface area contributed by atoms with Gasteiger partial charge in [-0.2, -0.15) is 4.98 Å². The first kappa shape index (κ1) is 19.0. The number of carbonyl (C=O) groups is 1. The van der Waals surface area contributed by atoms with E-state index in [0.717, 1.165) is 24.2 Å². The Morgan fingerprint density at radius 1 is 1.10 bits per heavy atom. The van der Waals surface area contributed by atoms with Crippen molar-refractivity contribution in [3.05, 3.63) is 60.0 Å². The van der Waals surface area contributed by atoms with E-state index in [2.05, 4.69) is 10.1 Å². The minimum atomic E-state index is -0.0398. The lowest BCUT2D eigenvalue weighted by Gasteiger charge is -2.31. The van der Waals surface area contributed by atoms with E-state index in [9.17, 15) is 4.79 Å². The van der Waals surface area contributed by atoms with Crippen LogP contribution in [0.2, 0.25) is 0 Å². The number of methoxy groups -OCH3 is 2. The third-order valence-electron chi connectivity index (χ3n) is 5.19. The monoisotopic (exact) mass is 393 g/mol. The van der Waals surface area contributed by atoms with E-state index in [1.807, 2.05) is 41.3 Å². The van der Waals surface area contributed by atoms with Crippen LogP contribution in [0.3, 0.4) is 0 Å². The zero-order valence-corrected chi connectivity index (χ0v) is 16.5. The quantitative estimate of drug-likeness (QED) is 0.657. The maximum atomic E-state index is 13.0. The lowest BCUT2D eigenvalue weighted by atomic mass is 9.97. The average Bonchev–Trinajstić information content (AvgIpc) is 3.29. The summed E-state index contributed by atoms with van der Waals surface area (Å²) in [6, 6.07) is 14.8. The molecule has 4 rings (SSSR count). The van der Waals surface area contributed by atoms with Crippen molar-refractivity contribution in [2.24, 2.45) is 0 Å². The van der Waals surface area contributed by atoms with Gasteiger partial charge in [0.25, 0.3) is 5.91 Å². The largest absolute Gasteiger partial charge is 0.497 e. The molecule has 0 saturated carbocycles. The van der Waals surface area contributed by atoms with E-state index in [4.69, 9.17) is 14.0 Å². The van der Waals surface area contributed by atoms with Crippen molar-refractivity contribution in [1.82, 2.24) is 15.0 Å². The first-order valence-corrected chi connectivity index (χ1v) is 9.60. The van der Waals surface area contributed by atoms with Crippen LogP contribution in [0.5, 0.6) is 11.5 Å². The van der Waals surface area contributed by atoms with E-state index < -0.39 is 0 Å². The van der Waals surface area contributed by atoms with Crippen molar-refractivity contribution in [1.29, 1.82) is 0 Å². The maximum absolute atomic E-state index is 13.0. The molecular weight excluding hydrogens is 370 g/mol. The zero-order chi connectivity index (χ0) is 20.2. The van der Waals surface area contributed by atoms with Gasteiger partial charge in [0, 0.05) is 18.7 Å². The molecule has 7 nitrogen and oxygen atoms in total. The van der Waals surface area contributed by atoms with Gasteiger partial charge in [0.2, 0.25) is 11.7 Å². The van der Waals surface area contributed by atoms with E-state index in [1.165, 1.54) is 0 Å². The van der Waals surface area contributed by atoms with Gasteiger partial charge in [0.15, 0.2) is 0 Å². The summed E-state index contributed by atoms with van der Waals surface area (Å²) < 4.78 is 16.1. The minimum Gasteiger partial charge on any atom is -0.497 e. The van der Waals surface area contributed by atoms with Crippen molar-refractivity contribution in [2.75, 3.05) is 27.3 Å². The van der Waals surface area contributed by atoms with Crippen molar-refractivity contribution >= 4 is 5.91 Å². The smallest absolute Gasteiger partial charge is 0.257 e. The van der Waals surface area contributed by atoms with E-state index in [1.54, 1.807) is 26.4 Å². The predicted octanol–water partition coefficient (Wildman–Crippen LogP) is 3.77. The first-order chi connectivity index (χ1) is 14.2. The summed E-state index contributed by atoms with van der Waals surface area (Å²) in [6.45, 7) is 1.24. The van der Waals surface area contributed by atoms with Crippen LogP contribution in [-0.4, -0.2) is 48.3 Å². The molecule has 2 aromatic carbocycles. The Kier molecular flexibility index (Phi) is 5.46. The highest BCUT2D eigenvalue weighted by molar-refractivity contribution is 5.97. The highest BCUT2D eigenvalue weighted by Gasteiger charge is 2.30. The van der Waals surface area contributed by atoms with Gasteiger partial charge < -0.3 is 18.9 Å². The standard InChI is InChI=1S/C22H23N3O4/c1-27-17-11-9-15(10-12-17)20-23-21(29-24-20)16-6-5-13-25(14-16)22(26)18-7-3-4-8-19(18)28-2/h3-4,7-12,16H,5-6,13-14H2,1-2H3/t16-/m0/s1. The summed E-state index contributed by atoms with van der Waals surface area (Å²) in [5.41, 5.74) is 1.43. The highest BCUT2D eigenvalue weighted by Crippen LogP contribution is 2.30. The second-order valence-corrected chi connectivity index (χ2v) is 6.98. The number of piperidine rings is 1. The summed E-state index contributed by atoms with van der Waals surface area (Å²) in [7, 11) is 3.20. The number of amides is 1. The van der Waals surface area contributed by atoms with Gasteiger partial charge in [0.1, 0.15) is 11.5 Å². The molecule has 1 aromatic heterocycles. The van der Waals surface area contributed by atoms with Crippen molar-refractivity contribution in [3.63, 3.8) is 0 Å². The topological polar surface area (TPSA) is 77.7 Å². The van der Waals surface area contributed by atoms with Crippen LogP contribution in [0, 0.1) is 0 Å². The highest BCUT2D eigenvalue weighted by atomic mass is 16.5. The Morgan fingerprint density at radius 3 is 2.66 bits per heavy atom. The van der Waals surface area contributed by atoms with Gasteiger partial charge >= 0.3 is 0 Å². The average molecular weight is 393 g/mol. The zero-order valence-electron chi connectivity index (χ0n) is 16.5. The van der Waals surface area contributed by atoms with Crippen LogP contribution in [-0.2, 0) is 0 Å². The molecule has 0 unspecified atom stereocenters. The molecule has 1 amide bonds. The van der Waals surface area contributed by atoms with Gasteiger partial charge in [-0.3, -0.25) is 4.79 Å². The molecule has 1 saturated heterocycles. The van der Waals surface area contributed by atoms with Crippen molar-refractivity contribution in [3.8, 4) is 22.9 Å². The third kappa shape index (κ3) is 3.94. The van der Waals surface area contributed by atoms with Crippen LogP contribution in [0.25, 0.3) is 11.4 Å². The number of para-hydroxylation sites is 1. The van der Waals surface area contributed by atoms with E-state index >= 15 is 0 Å². The summed E-state index contributed by atoms with van der Waals surface area (Å²) >= 11 is 0. The Balaban J connectivity index is 1.50. The number of hydrogen-bond donors (Lipinski definition) is 0. The fraction of sp³-hybridized carbons (Fsp3) is 0.318. The molecule has 7 heteroatoms. The summed E-state index contributed by atoms with van der Waals surface area (Å²) in [5.74, 6) is 2.43.